The van der Waals surface area contributed by atoms with Gasteiger partial charge in [-0.05, 0) is 23.6 Å². The molecule has 1 heterocycles. The monoisotopic (exact) mass is 322 g/mol. The number of aliphatic hydroxyl groups is 1. The van der Waals surface area contributed by atoms with Crippen LogP contribution in [0.5, 0.6) is 0 Å². The average molecular weight is 322 g/mol. The van der Waals surface area contributed by atoms with Crippen molar-refractivity contribution >= 4 is 16.8 Å². The third-order valence-electron chi connectivity index (χ3n) is 3.90. The van der Waals surface area contributed by atoms with Crippen molar-refractivity contribution < 1.29 is 9.90 Å². The molecule has 1 aromatic heterocycles. The molecule has 0 aliphatic rings. The number of aromatic amines is 1. The highest BCUT2D eigenvalue weighted by Crippen LogP contribution is 2.14. The summed E-state index contributed by atoms with van der Waals surface area (Å²) in [6, 6.07) is 16.2. The topological polar surface area (TPSA) is 82.2 Å². The number of pyridine rings is 1. The molecule has 0 unspecified atom stereocenters. The molecule has 2 aromatic carbocycles. The summed E-state index contributed by atoms with van der Waals surface area (Å²) in [5, 5.41) is 12.6. The van der Waals surface area contributed by atoms with E-state index < -0.39 is 0 Å². The Morgan fingerprint density at radius 3 is 2.50 bits per heavy atom. The third kappa shape index (κ3) is 3.52. The van der Waals surface area contributed by atoms with Crippen LogP contribution in [0.25, 0.3) is 10.9 Å². The number of amides is 1. The largest absolute Gasteiger partial charge is 0.392 e. The van der Waals surface area contributed by atoms with Crippen molar-refractivity contribution in [2.45, 2.75) is 13.0 Å². The van der Waals surface area contributed by atoms with Gasteiger partial charge in [0.15, 0.2) is 0 Å². The van der Waals surface area contributed by atoms with Gasteiger partial charge in [-0.3, -0.25) is 9.59 Å². The first-order chi connectivity index (χ1) is 11.7. The number of para-hydroxylation sites is 1. The number of aliphatic hydroxyl groups excluding tert-OH is 1. The van der Waals surface area contributed by atoms with E-state index in [4.69, 9.17) is 5.11 Å². The van der Waals surface area contributed by atoms with Crippen molar-refractivity contribution in [2.75, 3.05) is 6.54 Å². The maximum absolute atomic E-state index is 12.4. The number of H-pyrrole nitrogens is 1. The van der Waals surface area contributed by atoms with Crippen LogP contribution in [0.15, 0.2) is 59.4 Å². The first-order valence-electron chi connectivity index (χ1n) is 7.76. The molecule has 0 aliphatic carbocycles. The normalized spacial score (nSPS) is 10.7. The summed E-state index contributed by atoms with van der Waals surface area (Å²) in [7, 11) is 0. The summed E-state index contributed by atoms with van der Waals surface area (Å²) in [5.41, 5.74) is 2.67. The Labute approximate surface area is 139 Å². The SMILES string of the molecule is O=C(NCCc1ccc(CO)cc1)c1cc(=O)[nH]c2ccccc12. The highest BCUT2D eigenvalue weighted by molar-refractivity contribution is 6.05. The summed E-state index contributed by atoms with van der Waals surface area (Å²) in [4.78, 5) is 26.8. The minimum atomic E-state index is -0.293. The zero-order chi connectivity index (χ0) is 16.9. The Morgan fingerprint density at radius 1 is 1.04 bits per heavy atom. The molecule has 5 heteroatoms. The highest BCUT2D eigenvalue weighted by atomic mass is 16.3. The van der Waals surface area contributed by atoms with E-state index in [1.807, 2.05) is 42.5 Å². The van der Waals surface area contributed by atoms with Crippen molar-refractivity contribution in [1.29, 1.82) is 0 Å². The molecule has 122 valence electrons. The van der Waals surface area contributed by atoms with Crippen molar-refractivity contribution in [3.8, 4) is 0 Å². The maximum Gasteiger partial charge on any atom is 0.252 e. The second kappa shape index (κ2) is 7.10. The van der Waals surface area contributed by atoms with Gasteiger partial charge in [-0.25, -0.2) is 0 Å². The lowest BCUT2D eigenvalue weighted by Crippen LogP contribution is -2.27. The van der Waals surface area contributed by atoms with E-state index in [0.717, 1.165) is 16.5 Å². The third-order valence-corrected chi connectivity index (χ3v) is 3.90. The Hall–Kier alpha value is -2.92. The van der Waals surface area contributed by atoms with Gasteiger partial charge in [0.2, 0.25) is 5.56 Å². The Morgan fingerprint density at radius 2 is 1.75 bits per heavy atom. The zero-order valence-electron chi connectivity index (χ0n) is 13.1. The van der Waals surface area contributed by atoms with Crippen molar-refractivity contribution in [3.05, 3.63) is 81.6 Å². The molecule has 3 rings (SSSR count). The fourth-order valence-electron chi connectivity index (χ4n) is 2.62. The summed E-state index contributed by atoms with van der Waals surface area (Å²) >= 11 is 0. The molecule has 3 N–H and O–H groups in total. The lowest BCUT2D eigenvalue weighted by molar-refractivity contribution is 0.0955. The number of rotatable bonds is 5. The van der Waals surface area contributed by atoms with Crippen molar-refractivity contribution in [1.82, 2.24) is 10.3 Å². The number of aromatic nitrogens is 1. The van der Waals surface area contributed by atoms with Crippen molar-refractivity contribution in [3.63, 3.8) is 0 Å². The van der Waals surface area contributed by atoms with Gasteiger partial charge >= 0.3 is 0 Å². The van der Waals surface area contributed by atoms with Crippen LogP contribution in [0.1, 0.15) is 21.5 Å². The summed E-state index contributed by atoms with van der Waals surface area (Å²) in [5.74, 6) is -0.260. The predicted molar refractivity (Wildman–Crippen MR) is 93.0 cm³/mol. The Balaban J connectivity index is 1.70. The molecule has 5 nitrogen and oxygen atoms in total. The smallest absolute Gasteiger partial charge is 0.252 e. The first-order valence-corrected chi connectivity index (χ1v) is 7.76. The molecule has 0 saturated carbocycles. The number of carbonyl (C=O) groups excluding carboxylic acids is 1. The zero-order valence-corrected chi connectivity index (χ0v) is 13.1. The van der Waals surface area contributed by atoms with Crippen LogP contribution in [0.2, 0.25) is 0 Å². The van der Waals surface area contributed by atoms with Crippen LogP contribution in [-0.2, 0) is 13.0 Å². The van der Waals surface area contributed by atoms with Gasteiger partial charge in [-0.1, -0.05) is 42.5 Å². The molecular formula is C19H18N2O3. The van der Waals surface area contributed by atoms with Gasteiger partial charge < -0.3 is 15.4 Å². The number of fused-ring (bicyclic) bond motifs is 1. The molecule has 1 amide bonds. The van der Waals surface area contributed by atoms with Gasteiger partial charge in [0.05, 0.1) is 12.2 Å². The van der Waals surface area contributed by atoms with E-state index in [2.05, 4.69) is 10.3 Å². The van der Waals surface area contributed by atoms with Gasteiger partial charge in [-0.2, -0.15) is 0 Å². The number of carbonyl (C=O) groups is 1. The lowest BCUT2D eigenvalue weighted by Gasteiger charge is -2.08. The number of hydrogen-bond donors (Lipinski definition) is 3. The molecule has 0 saturated heterocycles. The van der Waals surface area contributed by atoms with Gasteiger partial charge in [-0.15, -0.1) is 0 Å². The molecule has 0 aliphatic heterocycles. The Kier molecular flexibility index (Phi) is 4.72. The van der Waals surface area contributed by atoms with E-state index in [0.29, 0.717) is 24.0 Å². The average Bonchev–Trinajstić information content (AvgIpc) is 2.61. The minimum Gasteiger partial charge on any atom is -0.392 e. The Bertz CT molecular complexity index is 914. The van der Waals surface area contributed by atoms with Crippen molar-refractivity contribution in [2.24, 2.45) is 0 Å². The minimum absolute atomic E-state index is 0.0205. The maximum atomic E-state index is 12.4. The van der Waals surface area contributed by atoms with Crippen LogP contribution in [-0.4, -0.2) is 22.5 Å². The molecule has 0 atom stereocenters. The molecule has 0 spiro atoms. The summed E-state index contributed by atoms with van der Waals surface area (Å²) < 4.78 is 0. The van der Waals surface area contributed by atoms with Crippen LogP contribution >= 0.6 is 0 Å². The molecule has 0 bridgehead atoms. The van der Waals surface area contributed by atoms with E-state index in [9.17, 15) is 9.59 Å². The van der Waals surface area contributed by atoms with Gasteiger partial charge in [0, 0.05) is 23.5 Å². The van der Waals surface area contributed by atoms with Crippen LogP contribution in [0.3, 0.4) is 0 Å². The molecule has 0 radical (unpaired) electrons. The molecule has 24 heavy (non-hydrogen) atoms. The van der Waals surface area contributed by atoms with Crippen LogP contribution in [0.4, 0.5) is 0 Å². The summed E-state index contributed by atoms with van der Waals surface area (Å²) in [6.07, 6.45) is 0.679. The van der Waals surface area contributed by atoms with E-state index in [-0.39, 0.29) is 18.1 Å². The number of benzene rings is 2. The fraction of sp³-hybridized carbons (Fsp3) is 0.158. The molecule has 3 aromatic rings. The predicted octanol–water partition coefficient (Wildman–Crippen LogP) is 1.99. The second-order valence-electron chi connectivity index (χ2n) is 5.57. The number of nitrogens with one attached hydrogen (secondary N) is 2. The molecular weight excluding hydrogens is 304 g/mol. The van der Waals surface area contributed by atoms with E-state index >= 15 is 0 Å². The summed E-state index contributed by atoms with van der Waals surface area (Å²) in [6.45, 7) is 0.491. The van der Waals surface area contributed by atoms with Gasteiger partial charge in [0.1, 0.15) is 0 Å². The van der Waals surface area contributed by atoms with E-state index in [1.165, 1.54) is 6.07 Å². The standard InChI is InChI=1S/C19H18N2O3/c22-12-14-7-5-13(6-8-14)9-10-20-19(24)16-11-18(23)21-17-4-2-1-3-15(16)17/h1-8,11,22H,9-10,12H2,(H,20,24)(H,21,23). The molecule has 0 fully saturated rings. The van der Waals surface area contributed by atoms with E-state index in [1.54, 1.807) is 6.07 Å². The lowest BCUT2D eigenvalue weighted by atomic mass is 10.1. The first kappa shape index (κ1) is 16.0. The fourth-order valence-corrected chi connectivity index (χ4v) is 2.62. The van der Waals surface area contributed by atoms with Gasteiger partial charge in [0.25, 0.3) is 5.91 Å². The number of hydrogen-bond acceptors (Lipinski definition) is 3. The second-order valence-corrected chi connectivity index (χ2v) is 5.57. The van der Waals surface area contributed by atoms with Crippen LogP contribution < -0.4 is 10.9 Å². The quantitative estimate of drug-likeness (QED) is 0.672. The van der Waals surface area contributed by atoms with Crippen LogP contribution in [0, 0.1) is 0 Å². The highest BCUT2D eigenvalue weighted by Gasteiger charge is 2.11.